The lowest BCUT2D eigenvalue weighted by atomic mass is 10.2. The number of benzene rings is 2. The van der Waals surface area contributed by atoms with Gasteiger partial charge in [0.25, 0.3) is 0 Å². The smallest absolute Gasteiger partial charge is 0.142 e. The molecule has 0 fully saturated rings. The number of methoxy groups -OCH3 is 1. The zero-order chi connectivity index (χ0) is 16.9. The summed E-state index contributed by atoms with van der Waals surface area (Å²) >= 11 is 0. The second-order valence-electron chi connectivity index (χ2n) is 5.25. The molecule has 0 unspecified atom stereocenters. The molecule has 0 saturated heterocycles. The first-order chi connectivity index (χ1) is 11.6. The fourth-order valence-corrected chi connectivity index (χ4v) is 2.23. The number of nitrogens with zero attached hydrogens (tertiary/aromatic N) is 2. The van der Waals surface area contributed by atoms with E-state index < -0.39 is 0 Å². The van der Waals surface area contributed by atoms with Crippen LogP contribution in [0.25, 0.3) is 0 Å². The van der Waals surface area contributed by atoms with Gasteiger partial charge in [-0.2, -0.15) is 0 Å². The highest BCUT2D eigenvalue weighted by atomic mass is 19.1. The molecular weight excluding hydrogens is 307 g/mol. The average molecular weight is 324 g/mol. The average Bonchev–Trinajstić information content (AvgIpc) is 2.58. The van der Waals surface area contributed by atoms with Gasteiger partial charge in [0.2, 0.25) is 0 Å². The Morgan fingerprint density at radius 1 is 0.917 bits per heavy atom. The quantitative estimate of drug-likeness (QED) is 0.727. The molecule has 0 aliphatic carbocycles. The summed E-state index contributed by atoms with van der Waals surface area (Å²) in [5, 5.41) is 6.33. The molecule has 0 saturated carbocycles. The fraction of sp³-hybridized carbons (Fsp3) is 0.111. The minimum atomic E-state index is -0.280. The third-order valence-electron chi connectivity index (χ3n) is 3.40. The maximum Gasteiger partial charge on any atom is 0.142 e. The van der Waals surface area contributed by atoms with Crippen LogP contribution in [0.2, 0.25) is 0 Å². The minimum absolute atomic E-state index is 0.280. The van der Waals surface area contributed by atoms with Crippen molar-refractivity contribution in [1.29, 1.82) is 0 Å². The van der Waals surface area contributed by atoms with Crippen LogP contribution in [0.15, 0.2) is 54.9 Å². The molecule has 2 N–H and O–H groups in total. The van der Waals surface area contributed by atoms with Gasteiger partial charge in [-0.1, -0.05) is 6.07 Å². The highest BCUT2D eigenvalue weighted by molar-refractivity contribution is 5.67. The number of hydrogen-bond donors (Lipinski definition) is 2. The van der Waals surface area contributed by atoms with Gasteiger partial charge >= 0.3 is 0 Å². The van der Waals surface area contributed by atoms with Crippen LogP contribution in [0.4, 0.5) is 27.4 Å². The molecule has 3 rings (SSSR count). The Balaban J connectivity index is 1.80. The first-order valence-electron chi connectivity index (χ1n) is 7.40. The van der Waals surface area contributed by atoms with Gasteiger partial charge in [0.1, 0.15) is 29.5 Å². The Kier molecular flexibility index (Phi) is 4.56. The summed E-state index contributed by atoms with van der Waals surface area (Å²) in [5.74, 6) is 1.67. The van der Waals surface area contributed by atoms with Gasteiger partial charge in [0.05, 0.1) is 12.8 Å². The van der Waals surface area contributed by atoms with Crippen molar-refractivity contribution >= 4 is 23.0 Å². The number of aromatic nitrogens is 2. The molecule has 0 aliphatic heterocycles. The lowest BCUT2D eigenvalue weighted by molar-refractivity contribution is 0.416. The van der Waals surface area contributed by atoms with Crippen molar-refractivity contribution in [3.63, 3.8) is 0 Å². The normalized spacial score (nSPS) is 10.3. The molecule has 2 aromatic carbocycles. The monoisotopic (exact) mass is 324 g/mol. The van der Waals surface area contributed by atoms with Crippen molar-refractivity contribution in [2.24, 2.45) is 0 Å². The van der Waals surface area contributed by atoms with E-state index in [9.17, 15) is 4.39 Å². The number of halogens is 1. The maximum atomic E-state index is 13.0. The van der Waals surface area contributed by atoms with Crippen LogP contribution in [0.1, 0.15) is 5.56 Å². The first kappa shape index (κ1) is 15.7. The number of ether oxygens (including phenoxy) is 1. The Morgan fingerprint density at radius 3 is 2.33 bits per heavy atom. The SMILES string of the molecule is COc1ccc(C)cc1Nc1cc(Nc2ccc(F)cc2)ncn1. The molecule has 0 aliphatic rings. The van der Waals surface area contributed by atoms with Crippen LogP contribution in [0.3, 0.4) is 0 Å². The largest absolute Gasteiger partial charge is 0.495 e. The summed E-state index contributed by atoms with van der Waals surface area (Å²) in [6.45, 7) is 2.01. The summed E-state index contributed by atoms with van der Waals surface area (Å²) in [6.07, 6.45) is 1.45. The molecule has 0 spiro atoms. The van der Waals surface area contributed by atoms with Crippen LogP contribution in [-0.4, -0.2) is 17.1 Å². The van der Waals surface area contributed by atoms with Crippen molar-refractivity contribution in [1.82, 2.24) is 9.97 Å². The minimum Gasteiger partial charge on any atom is -0.495 e. The number of nitrogens with one attached hydrogen (secondary N) is 2. The second-order valence-corrected chi connectivity index (χ2v) is 5.25. The molecule has 1 heterocycles. The van der Waals surface area contributed by atoms with E-state index >= 15 is 0 Å². The van der Waals surface area contributed by atoms with Gasteiger partial charge in [0.15, 0.2) is 0 Å². The highest BCUT2D eigenvalue weighted by Gasteiger charge is 2.06. The van der Waals surface area contributed by atoms with Crippen LogP contribution in [0.5, 0.6) is 5.75 Å². The van der Waals surface area contributed by atoms with E-state index in [-0.39, 0.29) is 5.82 Å². The van der Waals surface area contributed by atoms with Crippen molar-refractivity contribution in [3.05, 3.63) is 66.2 Å². The number of aryl methyl sites for hydroxylation is 1. The van der Waals surface area contributed by atoms with E-state index in [4.69, 9.17) is 4.74 Å². The molecule has 1 aromatic heterocycles. The number of hydrogen-bond acceptors (Lipinski definition) is 5. The zero-order valence-corrected chi connectivity index (χ0v) is 13.4. The molecule has 6 heteroatoms. The number of anilines is 4. The van der Waals surface area contributed by atoms with Gasteiger partial charge in [-0.25, -0.2) is 14.4 Å². The molecule has 0 atom stereocenters. The Bertz CT molecular complexity index is 837. The highest BCUT2D eigenvalue weighted by Crippen LogP contribution is 2.28. The Hall–Kier alpha value is -3.15. The standard InChI is InChI=1S/C18H17FN4O/c1-12-3-8-16(24-2)15(9-12)23-18-10-17(20-11-21-18)22-14-6-4-13(19)5-7-14/h3-11H,1-2H3,(H2,20,21,22,23). The third kappa shape index (κ3) is 3.78. The van der Waals surface area contributed by atoms with Crippen molar-refractivity contribution in [2.75, 3.05) is 17.7 Å². The second kappa shape index (κ2) is 6.95. The molecule has 0 amide bonds. The molecule has 0 bridgehead atoms. The van der Waals surface area contributed by atoms with Crippen LogP contribution in [-0.2, 0) is 0 Å². The van der Waals surface area contributed by atoms with E-state index in [1.807, 2.05) is 25.1 Å². The zero-order valence-electron chi connectivity index (χ0n) is 13.4. The summed E-state index contributed by atoms with van der Waals surface area (Å²) in [7, 11) is 1.62. The molecular formula is C18H17FN4O. The van der Waals surface area contributed by atoms with E-state index in [1.165, 1.54) is 18.5 Å². The van der Waals surface area contributed by atoms with Gasteiger partial charge in [-0.15, -0.1) is 0 Å². The van der Waals surface area contributed by atoms with Gasteiger partial charge in [-0.05, 0) is 48.9 Å². The molecule has 0 radical (unpaired) electrons. The maximum absolute atomic E-state index is 13.0. The van der Waals surface area contributed by atoms with Crippen molar-refractivity contribution in [3.8, 4) is 5.75 Å². The van der Waals surface area contributed by atoms with E-state index in [1.54, 1.807) is 25.3 Å². The lowest BCUT2D eigenvalue weighted by Crippen LogP contribution is -2.00. The number of rotatable bonds is 5. The fourth-order valence-electron chi connectivity index (χ4n) is 2.23. The summed E-state index contributed by atoms with van der Waals surface area (Å²) in [5.41, 5.74) is 2.68. The summed E-state index contributed by atoms with van der Waals surface area (Å²) in [4.78, 5) is 8.39. The predicted molar refractivity (Wildman–Crippen MR) is 92.7 cm³/mol. The van der Waals surface area contributed by atoms with Gasteiger partial charge < -0.3 is 15.4 Å². The van der Waals surface area contributed by atoms with Gasteiger partial charge in [0, 0.05) is 11.8 Å². The topological polar surface area (TPSA) is 59.1 Å². The predicted octanol–water partition coefficient (Wildman–Crippen LogP) is 4.42. The van der Waals surface area contributed by atoms with E-state index in [0.29, 0.717) is 11.6 Å². The Morgan fingerprint density at radius 2 is 1.62 bits per heavy atom. The molecule has 5 nitrogen and oxygen atoms in total. The van der Waals surface area contributed by atoms with E-state index in [0.717, 1.165) is 22.7 Å². The molecule has 24 heavy (non-hydrogen) atoms. The lowest BCUT2D eigenvalue weighted by Gasteiger charge is -2.12. The summed E-state index contributed by atoms with van der Waals surface area (Å²) < 4.78 is 18.3. The van der Waals surface area contributed by atoms with Crippen molar-refractivity contribution < 1.29 is 9.13 Å². The third-order valence-corrected chi connectivity index (χ3v) is 3.40. The Labute approximate surface area is 139 Å². The van der Waals surface area contributed by atoms with Crippen LogP contribution >= 0.6 is 0 Å². The molecule has 3 aromatic rings. The van der Waals surface area contributed by atoms with Crippen LogP contribution < -0.4 is 15.4 Å². The van der Waals surface area contributed by atoms with E-state index in [2.05, 4.69) is 20.6 Å². The van der Waals surface area contributed by atoms with Gasteiger partial charge in [-0.3, -0.25) is 0 Å². The molecule has 122 valence electrons. The van der Waals surface area contributed by atoms with Crippen molar-refractivity contribution in [2.45, 2.75) is 6.92 Å². The summed E-state index contributed by atoms with van der Waals surface area (Å²) in [6, 6.07) is 13.7. The van der Waals surface area contributed by atoms with Crippen LogP contribution in [0, 0.1) is 12.7 Å². The first-order valence-corrected chi connectivity index (χ1v) is 7.40.